The summed E-state index contributed by atoms with van der Waals surface area (Å²) in [7, 11) is 0. The topological polar surface area (TPSA) is 0 Å². The molecule has 0 N–H and O–H groups in total. The molecule has 0 amide bonds. The maximum Gasteiger partial charge on any atom is 0.00991 e. The Labute approximate surface area is 688 Å². The van der Waals surface area contributed by atoms with Gasteiger partial charge >= 0.3 is 0 Å². The van der Waals surface area contributed by atoms with Crippen LogP contribution in [0.1, 0.15) is 390 Å². The molecule has 7 aromatic rings. The van der Waals surface area contributed by atoms with Crippen LogP contribution < -0.4 is 20.9 Å². The summed E-state index contributed by atoms with van der Waals surface area (Å²) in [6.45, 7) is 85.0. The Hall–Kier alpha value is -6.50. The minimum absolute atomic E-state index is 0. The molecule has 7 aromatic carbocycles. The molecule has 1 saturated carbocycles. The van der Waals surface area contributed by atoms with Crippen molar-refractivity contribution in [1.29, 1.82) is 0 Å². The first-order valence-electron chi connectivity index (χ1n) is 41.2. The lowest BCUT2D eigenvalue weighted by Crippen LogP contribution is -2.40. The molecular formula is C110H180. The molecule has 12 rings (SSSR count). The molecule has 4 unspecified atom stereocenters. The van der Waals surface area contributed by atoms with Crippen LogP contribution in [0.4, 0.5) is 0 Å². The Morgan fingerprint density at radius 3 is 1.14 bits per heavy atom. The van der Waals surface area contributed by atoms with Crippen LogP contribution in [-0.4, -0.2) is 0 Å². The highest BCUT2D eigenvalue weighted by atomic mass is 14.5. The standard InChI is InChI=1S/C44H56.C44H50.7C2H6.8CH4/c2*1-23-25(3)29(7)41(30(8)26(23)4)39-21-35-17-13-15-19-37(35)43(33(39)11)44-34(12)40(22-36-18-14-16-20-38(36)44)42-31(9)27(5)24(2)28(6)32(42)10;7*1-2;;;;;;;;/h13,15,17,19,22,33-34,39-40,43H,14,16,18,20-21H2,1-12H3;13,15,17-22,33,39H,14,16H2,1-12H3;7*1-2H3;8*1H4/t33?,34?,39-,40?,43-;33-,39?;;;;;;;;;;;;;;;/m01.............../s1. The van der Waals surface area contributed by atoms with Gasteiger partial charge in [0, 0.05) is 17.8 Å². The van der Waals surface area contributed by atoms with Crippen molar-refractivity contribution in [2.24, 2.45) is 17.8 Å². The van der Waals surface area contributed by atoms with Crippen LogP contribution >= 0.6 is 0 Å². The van der Waals surface area contributed by atoms with Crippen molar-refractivity contribution in [1.82, 2.24) is 0 Å². The van der Waals surface area contributed by atoms with Gasteiger partial charge in [0.2, 0.25) is 0 Å². The minimum Gasteiger partial charge on any atom is -0.0776 e. The Morgan fingerprint density at radius 2 is 0.691 bits per heavy atom. The number of hydrogen-bond acceptors (Lipinski definition) is 0. The fourth-order valence-electron chi connectivity index (χ4n) is 18.5. The van der Waals surface area contributed by atoms with Gasteiger partial charge in [-0.1, -0.05) is 256 Å². The summed E-state index contributed by atoms with van der Waals surface area (Å²) < 4.78 is 0. The molecule has 1 fully saturated rings. The molecule has 0 heterocycles. The second-order valence-electron chi connectivity index (χ2n) is 29.0. The van der Waals surface area contributed by atoms with E-state index in [0.29, 0.717) is 41.4 Å². The van der Waals surface area contributed by atoms with Crippen LogP contribution in [0.15, 0.2) is 77.4 Å². The minimum atomic E-state index is 0. The van der Waals surface area contributed by atoms with E-state index in [1.165, 1.54) is 191 Å². The van der Waals surface area contributed by atoms with Crippen molar-refractivity contribution in [3.05, 3.63) is 248 Å². The largest absolute Gasteiger partial charge is 0.0776 e. The van der Waals surface area contributed by atoms with Crippen LogP contribution in [0.25, 0.3) is 34.9 Å². The second-order valence-corrected chi connectivity index (χ2v) is 29.0. The first-order valence-corrected chi connectivity index (χ1v) is 41.2. The van der Waals surface area contributed by atoms with Crippen molar-refractivity contribution < 1.29 is 0 Å². The summed E-state index contributed by atoms with van der Waals surface area (Å²) in [6.07, 6.45) is 18.8. The maximum absolute atomic E-state index is 2.74. The van der Waals surface area contributed by atoms with E-state index in [0.717, 1.165) is 19.3 Å². The van der Waals surface area contributed by atoms with E-state index in [4.69, 9.17) is 0 Å². The third-order valence-electron chi connectivity index (χ3n) is 25.5. The van der Waals surface area contributed by atoms with Gasteiger partial charge in [-0.3, -0.25) is 0 Å². The molecule has 110 heavy (non-hydrogen) atoms. The molecule has 0 nitrogen and oxygen atoms in total. The highest BCUT2D eigenvalue weighted by molar-refractivity contribution is 5.85. The van der Waals surface area contributed by atoms with Crippen LogP contribution in [0.3, 0.4) is 0 Å². The van der Waals surface area contributed by atoms with Gasteiger partial charge in [-0.2, -0.15) is 0 Å². The average molecular weight is 1500 g/mol. The van der Waals surface area contributed by atoms with Gasteiger partial charge in [0.05, 0.1) is 0 Å². The molecule has 0 radical (unpaired) electrons. The quantitative estimate of drug-likeness (QED) is 0.156. The van der Waals surface area contributed by atoms with E-state index in [1.54, 1.807) is 39.0 Å². The predicted octanol–water partition coefficient (Wildman–Crippen LogP) is 32.8. The van der Waals surface area contributed by atoms with E-state index in [1.807, 2.05) is 96.9 Å². The lowest BCUT2D eigenvalue weighted by Gasteiger charge is -2.46. The number of rotatable bonds is 6. The monoisotopic (exact) mass is 1500 g/mol. The van der Waals surface area contributed by atoms with Crippen LogP contribution in [0.2, 0.25) is 0 Å². The number of fused-ring (bicyclic) bond motifs is 4. The van der Waals surface area contributed by atoms with Crippen molar-refractivity contribution in [3.8, 4) is 11.1 Å². The van der Waals surface area contributed by atoms with Gasteiger partial charge in [0.25, 0.3) is 0 Å². The summed E-state index contributed by atoms with van der Waals surface area (Å²) >= 11 is 0. The van der Waals surface area contributed by atoms with Gasteiger partial charge in [-0.25, -0.2) is 0 Å². The second kappa shape index (κ2) is 49.9. The van der Waals surface area contributed by atoms with Gasteiger partial charge in [-0.05, 0) is 419 Å². The van der Waals surface area contributed by atoms with E-state index >= 15 is 0 Å². The first-order chi connectivity index (χ1) is 48.7. The summed E-state index contributed by atoms with van der Waals surface area (Å²) in [5, 5.41) is 5.61. The van der Waals surface area contributed by atoms with Crippen molar-refractivity contribution in [3.63, 3.8) is 0 Å². The lowest BCUT2D eigenvalue weighted by atomic mass is 9.57. The zero-order valence-corrected chi connectivity index (χ0v) is 73.0. The molecule has 5 aliphatic rings. The molecule has 0 spiro atoms. The Balaban J connectivity index is -0.000000542. The molecular weight excluding hydrogens is 1320 g/mol. The molecule has 0 bridgehead atoms. The SMILES string of the molecule is C.C.C.C.C.C.C.C.CC.CC.CC.CC.CC.CC.CC.Cc1c(C)c(C)c(-c2cc3c(c(C4=c5ccccc5=CC(c5c(C)c(C)c(C)c(C)c5C)[C@H]4C)c2C)=CCCC=3)c(C)c1C.Cc1c(C)c(C)c(C2C=C3CCCCC3=C([C@@H]3c4ccccc4C[C@H](c4c(C)c(C)c(C)c(C)c4C)C3C)C2C)c(C)c1C. The molecule has 7 atom stereocenters. The fraction of sp³-hybridized carbons (Fsp3) is 0.545. The molecule has 0 saturated heterocycles. The number of hydrogen-bond donors (Lipinski definition) is 0. The Morgan fingerprint density at radius 1 is 0.327 bits per heavy atom. The molecule has 0 heteroatoms. The summed E-state index contributed by atoms with van der Waals surface area (Å²) in [4.78, 5) is 0. The van der Waals surface area contributed by atoms with Gasteiger partial charge in [0.15, 0.2) is 0 Å². The highest BCUT2D eigenvalue weighted by Crippen LogP contribution is 2.58. The summed E-state index contributed by atoms with van der Waals surface area (Å²) in [6, 6.07) is 21.2. The van der Waals surface area contributed by atoms with Crippen molar-refractivity contribution >= 4 is 23.8 Å². The Kier molecular flexibility index (Phi) is 50.8. The van der Waals surface area contributed by atoms with Crippen LogP contribution in [0, 0.1) is 163 Å². The van der Waals surface area contributed by atoms with E-state index in [-0.39, 0.29) is 59.4 Å². The Bertz CT molecular complexity index is 4300. The smallest absolute Gasteiger partial charge is 0.00991 e. The molecule has 620 valence electrons. The average Bonchev–Trinajstić information content (AvgIpc) is 0.730. The fourth-order valence-corrected chi connectivity index (χ4v) is 18.5. The third kappa shape index (κ3) is 20.9. The molecule has 5 aliphatic carbocycles. The molecule has 0 aromatic heterocycles. The van der Waals surface area contributed by atoms with E-state index < -0.39 is 0 Å². The summed E-state index contributed by atoms with van der Waals surface area (Å²) in [5.41, 5.74) is 49.8. The predicted molar refractivity (Wildman–Crippen MR) is 516 cm³/mol. The highest BCUT2D eigenvalue weighted by Gasteiger charge is 2.44. The number of allylic oxidation sites excluding steroid dienone is 4. The lowest BCUT2D eigenvalue weighted by molar-refractivity contribution is 0.350. The van der Waals surface area contributed by atoms with Crippen molar-refractivity contribution in [2.75, 3.05) is 0 Å². The third-order valence-corrected chi connectivity index (χ3v) is 25.5. The maximum atomic E-state index is 2.74. The molecule has 0 aliphatic heterocycles. The van der Waals surface area contributed by atoms with Crippen LogP contribution in [0.5, 0.6) is 0 Å². The van der Waals surface area contributed by atoms with Gasteiger partial charge in [-0.15, -0.1) is 0 Å². The van der Waals surface area contributed by atoms with E-state index in [2.05, 4.69) is 245 Å². The first kappa shape index (κ1) is 112. The zero-order chi connectivity index (χ0) is 77.5. The van der Waals surface area contributed by atoms with Crippen LogP contribution in [-0.2, 0) is 6.42 Å². The number of benzene rings is 7. The zero-order valence-electron chi connectivity index (χ0n) is 73.0. The van der Waals surface area contributed by atoms with Gasteiger partial charge < -0.3 is 0 Å². The summed E-state index contributed by atoms with van der Waals surface area (Å²) in [5.74, 6) is 3.09. The van der Waals surface area contributed by atoms with Crippen molar-refractivity contribution in [2.45, 2.75) is 391 Å². The van der Waals surface area contributed by atoms with Gasteiger partial charge in [0.1, 0.15) is 0 Å². The van der Waals surface area contributed by atoms with E-state index in [9.17, 15) is 0 Å². The normalized spacial score (nSPS) is 17.4.